The molecule has 2 nitrogen and oxygen atoms in total. The standard InChI is InChI=1S/C16H19F2NO/c17-12-5-6-13(18)11(7-12)9-16(20)15-8-10-3-1-2-4-14(10)19-15/h5-7,10,14-15,19H,1-4,8-9H2. The van der Waals surface area contributed by atoms with Crippen LogP contribution in [0.15, 0.2) is 18.2 Å². The second kappa shape index (κ2) is 5.60. The first-order valence-electron chi connectivity index (χ1n) is 7.36. The summed E-state index contributed by atoms with van der Waals surface area (Å²) in [5.41, 5.74) is 0.159. The van der Waals surface area contributed by atoms with Crippen molar-refractivity contribution in [1.29, 1.82) is 0 Å². The Kier molecular flexibility index (Phi) is 3.83. The minimum Gasteiger partial charge on any atom is -0.304 e. The average molecular weight is 279 g/mol. The van der Waals surface area contributed by atoms with Crippen LogP contribution < -0.4 is 5.32 Å². The predicted octanol–water partition coefficient (Wildman–Crippen LogP) is 3.00. The van der Waals surface area contributed by atoms with Gasteiger partial charge < -0.3 is 5.32 Å². The van der Waals surface area contributed by atoms with Crippen LogP contribution in [0.25, 0.3) is 0 Å². The van der Waals surface area contributed by atoms with Gasteiger partial charge in [0.25, 0.3) is 0 Å². The maximum absolute atomic E-state index is 13.6. The van der Waals surface area contributed by atoms with Crippen molar-refractivity contribution in [1.82, 2.24) is 5.32 Å². The molecule has 0 amide bonds. The summed E-state index contributed by atoms with van der Waals surface area (Å²) in [6.45, 7) is 0. The second-order valence-electron chi connectivity index (χ2n) is 5.98. The molecule has 3 unspecified atom stereocenters. The molecule has 1 saturated carbocycles. The molecule has 1 saturated heterocycles. The molecule has 1 aromatic carbocycles. The molecule has 1 aliphatic carbocycles. The summed E-state index contributed by atoms with van der Waals surface area (Å²) < 4.78 is 26.7. The van der Waals surface area contributed by atoms with E-state index in [1.54, 1.807) is 0 Å². The number of fused-ring (bicyclic) bond motifs is 1. The fourth-order valence-electron chi connectivity index (χ4n) is 3.55. The molecule has 0 aromatic heterocycles. The van der Waals surface area contributed by atoms with Gasteiger partial charge in [-0.1, -0.05) is 12.8 Å². The van der Waals surface area contributed by atoms with Gasteiger partial charge in [0.05, 0.1) is 6.04 Å². The summed E-state index contributed by atoms with van der Waals surface area (Å²) >= 11 is 0. The Morgan fingerprint density at radius 3 is 2.85 bits per heavy atom. The molecule has 20 heavy (non-hydrogen) atoms. The molecular formula is C16H19F2NO. The van der Waals surface area contributed by atoms with E-state index in [1.807, 2.05) is 0 Å². The fraction of sp³-hybridized carbons (Fsp3) is 0.562. The molecule has 1 N–H and O–H groups in total. The highest BCUT2D eigenvalue weighted by Crippen LogP contribution is 2.33. The van der Waals surface area contributed by atoms with Crippen molar-refractivity contribution in [3.05, 3.63) is 35.4 Å². The quantitative estimate of drug-likeness (QED) is 0.921. The zero-order valence-electron chi connectivity index (χ0n) is 11.4. The predicted molar refractivity (Wildman–Crippen MR) is 72.4 cm³/mol. The van der Waals surface area contributed by atoms with E-state index in [0.29, 0.717) is 12.0 Å². The van der Waals surface area contributed by atoms with Gasteiger partial charge in [0.1, 0.15) is 11.6 Å². The molecule has 0 bridgehead atoms. The van der Waals surface area contributed by atoms with Crippen molar-refractivity contribution >= 4 is 5.78 Å². The van der Waals surface area contributed by atoms with Crippen LogP contribution in [-0.2, 0) is 11.2 Å². The highest BCUT2D eigenvalue weighted by molar-refractivity contribution is 5.86. The SMILES string of the molecule is O=C(Cc1cc(F)ccc1F)C1CC2CCCCC2N1. The molecule has 2 fully saturated rings. The summed E-state index contributed by atoms with van der Waals surface area (Å²) in [6.07, 6.45) is 5.58. The first kappa shape index (κ1) is 13.7. The monoisotopic (exact) mass is 279 g/mol. The fourth-order valence-corrected chi connectivity index (χ4v) is 3.55. The molecule has 0 spiro atoms. The molecule has 3 rings (SSSR count). The average Bonchev–Trinajstić information content (AvgIpc) is 2.87. The van der Waals surface area contributed by atoms with Crippen LogP contribution in [0.2, 0.25) is 0 Å². The van der Waals surface area contributed by atoms with E-state index in [9.17, 15) is 13.6 Å². The highest BCUT2D eigenvalue weighted by atomic mass is 19.1. The number of hydrogen-bond acceptors (Lipinski definition) is 2. The number of nitrogens with one attached hydrogen (secondary N) is 1. The number of ketones is 1. The van der Waals surface area contributed by atoms with Gasteiger partial charge in [-0.15, -0.1) is 0 Å². The lowest BCUT2D eigenvalue weighted by Gasteiger charge is -2.24. The molecule has 4 heteroatoms. The summed E-state index contributed by atoms with van der Waals surface area (Å²) in [6, 6.07) is 3.53. The summed E-state index contributed by atoms with van der Waals surface area (Å²) in [5, 5.41) is 3.38. The van der Waals surface area contributed by atoms with Gasteiger partial charge in [0.2, 0.25) is 0 Å². The van der Waals surface area contributed by atoms with Gasteiger partial charge in [0.15, 0.2) is 5.78 Å². The minimum absolute atomic E-state index is 0.0242. The lowest BCUT2D eigenvalue weighted by molar-refractivity contribution is -0.120. The van der Waals surface area contributed by atoms with Crippen molar-refractivity contribution in [3.63, 3.8) is 0 Å². The summed E-state index contributed by atoms with van der Waals surface area (Å²) in [4.78, 5) is 12.3. The van der Waals surface area contributed by atoms with E-state index in [1.165, 1.54) is 19.3 Å². The van der Waals surface area contributed by atoms with Crippen LogP contribution in [0.5, 0.6) is 0 Å². The van der Waals surface area contributed by atoms with Gasteiger partial charge in [-0.3, -0.25) is 4.79 Å². The lowest BCUT2D eigenvalue weighted by atomic mass is 9.84. The van der Waals surface area contributed by atoms with Crippen molar-refractivity contribution in [2.24, 2.45) is 5.92 Å². The van der Waals surface area contributed by atoms with Crippen molar-refractivity contribution in [2.75, 3.05) is 0 Å². The molecule has 0 radical (unpaired) electrons. The van der Waals surface area contributed by atoms with Crippen LogP contribution in [0.1, 0.15) is 37.7 Å². The van der Waals surface area contributed by atoms with E-state index in [4.69, 9.17) is 0 Å². The Balaban J connectivity index is 1.66. The van der Waals surface area contributed by atoms with Gasteiger partial charge in [0, 0.05) is 12.5 Å². The second-order valence-corrected chi connectivity index (χ2v) is 5.98. The molecule has 1 heterocycles. The largest absolute Gasteiger partial charge is 0.304 e. The molecule has 108 valence electrons. The zero-order valence-corrected chi connectivity index (χ0v) is 11.4. The van der Waals surface area contributed by atoms with E-state index < -0.39 is 11.6 Å². The Hall–Kier alpha value is -1.29. The van der Waals surface area contributed by atoms with Gasteiger partial charge in [-0.05, 0) is 48.9 Å². The minimum atomic E-state index is -0.504. The van der Waals surface area contributed by atoms with Crippen LogP contribution >= 0.6 is 0 Å². The van der Waals surface area contributed by atoms with Gasteiger partial charge in [-0.2, -0.15) is 0 Å². The normalized spacial score (nSPS) is 29.2. The van der Waals surface area contributed by atoms with Gasteiger partial charge >= 0.3 is 0 Å². The number of hydrogen-bond donors (Lipinski definition) is 1. The molecule has 2 aliphatic rings. The van der Waals surface area contributed by atoms with Crippen LogP contribution in [0.3, 0.4) is 0 Å². The van der Waals surface area contributed by atoms with Crippen molar-refractivity contribution in [2.45, 2.75) is 50.6 Å². The third-order valence-corrected chi connectivity index (χ3v) is 4.62. The van der Waals surface area contributed by atoms with E-state index in [0.717, 1.165) is 31.0 Å². The molecule has 1 aliphatic heterocycles. The van der Waals surface area contributed by atoms with Crippen LogP contribution in [-0.4, -0.2) is 17.9 Å². The maximum Gasteiger partial charge on any atom is 0.154 e. The topological polar surface area (TPSA) is 29.1 Å². The number of Topliss-reactive ketones (excluding diaryl/α,β-unsaturated/α-hetero) is 1. The van der Waals surface area contributed by atoms with E-state index >= 15 is 0 Å². The number of rotatable bonds is 3. The van der Waals surface area contributed by atoms with Gasteiger partial charge in [-0.25, -0.2) is 8.78 Å². The third-order valence-electron chi connectivity index (χ3n) is 4.62. The zero-order chi connectivity index (χ0) is 14.1. The number of carbonyl (C=O) groups excluding carboxylic acids is 1. The third kappa shape index (κ3) is 2.75. The van der Waals surface area contributed by atoms with Crippen LogP contribution in [0.4, 0.5) is 8.78 Å². The smallest absolute Gasteiger partial charge is 0.154 e. The summed E-state index contributed by atoms with van der Waals surface area (Å²) in [5.74, 6) is -0.448. The summed E-state index contributed by atoms with van der Waals surface area (Å²) in [7, 11) is 0. The highest BCUT2D eigenvalue weighted by Gasteiger charge is 2.37. The van der Waals surface area contributed by atoms with Crippen LogP contribution in [0, 0.1) is 17.6 Å². The lowest BCUT2D eigenvalue weighted by Crippen LogP contribution is -2.37. The first-order valence-corrected chi connectivity index (χ1v) is 7.36. The Morgan fingerprint density at radius 1 is 1.25 bits per heavy atom. The number of benzene rings is 1. The van der Waals surface area contributed by atoms with Crippen molar-refractivity contribution < 1.29 is 13.6 Å². The Morgan fingerprint density at radius 2 is 2.05 bits per heavy atom. The van der Waals surface area contributed by atoms with E-state index in [2.05, 4.69) is 5.32 Å². The Labute approximate surface area is 117 Å². The Bertz CT molecular complexity index is 503. The van der Waals surface area contributed by atoms with E-state index in [-0.39, 0.29) is 23.8 Å². The maximum atomic E-state index is 13.6. The molecular weight excluding hydrogens is 260 g/mol. The molecule has 3 atom stereocenters. The van der Waals surface area contributed by atoms with Crippen molar-refractivity contribution in [3.8, 4) is 0 Å². The first-order chi connectivity index (χ1) is 9.63. The molecule has 1 aromatic rings. The number of halogens is 2. The number of carbonyl (C=O) groups is 1.